The lowest BCUT2D eigenvalue weighted by molar-refractivity contribution is -0.123. The molecule has 1 aromatic carbocycles. The number of ketones is 1. The van der Waals surface area contributed by atoms with Crippen molar-refractivity contribution in [2.45, 2.75) is 20.0 Å². The van der Waals surface area contributed by atoms with Gasteiger partial charge in [-0.1, -0.05) is 35.0 Å². The van der Waals surface area contributed by atoms with E-state index in [1.165, 1.54) is 6.92 Å². The molecule has 1 rings (SSSR count). The van der Waals surface area contributed by atoms with E-state index >= 15 is 0 Å². The molecule has 1 aromatic rings. The molecule has 0 bridgehead atoms. The summed E-state index contributed by atoms with van der Waals surface area (Å²) < 4.78 is 0.962. The summed E-state index contributed by atoms with van der Waals surface area (Å²) >= 11 is 3.31. The fourth-order valence-electron chi connectivity index (χ4n) is 1.17. The number of carbonyl (C=O) groups excluding carboxylic acids is 1. The topological polar surface area (TPSA) is 37.3 Å². The summed E-state index contributed by atoms with van der Waals surface area (Å²) in [5.41, 5.74) is 0.774. The standard InChI is InChI=1S/C11H13BrO2/c1-7(8(2)13)11(14)9-3-5-10(12)6-4-9/h3-7,11,14H,1-2H3/t7-,11+/m0/s1. The van der Waals surface area contributed by atoms with Crippen LogP contribution >= 0.6 is 15.9 Å². The number of aliphatic hydroxyl groups excluding tert-OH is 1. The minimum Gasteiger partial charge on any atom is -0.388 e. The predicted octanol–water partition coefficient (Wildman–Crippen LogP) is 2.71. The molecule has 0 fully saturated rings. The lowest BCUT2D eigenvalue weighted by Crippen LogP contribution is -2.16. The van der Waals surface area contributed by atoms with Crippen molar-refractivity contribution >= 4 is 21.7 Å². The van der Waals surface area contributed by atoms with Crippen molar-refractivity contribution in [3.8, 4) is 0 Å². The minimum atomic E-state index is -0.708. The first-order valence-corrected chi connectivity index (χ1v) is 5.25. The summed E-state index contributed by atoms with van der Waals surface area (Å²) in [6.45, 7) is 3.22. The molecule has 0 saturated carbocycles. The quantitative estimate of drug-likeness (QED) is 0.903. The number of benzene rings is 1. The Kier molecular flexibility index (Phi) is 3.84. The van der Waals surface area contributed by atoms with Gasteiger partial charge in [0.2, 0.25) is 0 Å². The maximum Gasteiger partial charge on any atom is 0.135 e. The summed E-state index contributed by atoms with van der Waals surface area (Å²) in [6.07, 6.45) is -0.708. The highest BCUT2D eigenvalue weighted by Crippen LogP contribution is 2.23. The monoisotopic (exact) mass is 256 g/mol. The van der Waals surface area contributed by atoms with E-state index in [4.69, 9.17) is 0 Å². The van der Waals surface area contributed by atoms with Gasteiger partial charge in [0.25, 0.3) is 0 Å². The van der Waals surface area contributed by atoms with Gasteiger partial charge in [0.15, 0.2) is 0 Å². The number of hydrogen-bond donors (Lipinski definition) is 1. The average Bonchev–Trinajstić information content (AvgIpc) is 2.16. The maximum absolute atomic E-state index is 11.1. The van der Waals surface area contributed by atoms with Crippen LogP contribution in [0.3, 0.4) is 0 Å². The number of Topliss-reactive ketones (excluding diaryl/α,β-unsaturated/α-hetero) is 1. The number of aliphatic hydroxyl groups is 1. The molecule has 1 N–H and O–H groups in total. The first-order valence-electron chi connectivity index (χ1n) is 4.46. The molecule has 0 aromatic heterocycles. The van der Waals surface area contributed by atoms with Gasteiger partial charge < -0.3 is 5.11 Å². The molecule has 0 saturated heterocycles. The average molecular weight is 257 g/mol. The van der Waals surface area contributed by atoms with Crippen molar-refractivity contribution in [2.24, 2.45) is 5.92 Å². The number of carbonyl (C=O) groups is 1. The molecule has 76 valence electrons. The van der Waals surface area contributed by atoms with E-state index in [-0.39, 0.29) is 11.7 Å². The molecule has 0 aliphatic rings. The third-order valence-electron chi connectivity index (χ3n) is 2.33. The molecular formula is C11H13BrO2. The molecule has 2 nitrogen and oxygen atoms in total. The Balaban J connectivity index is 2.84. The Labute approximate surface area is 92.1 Å². The Morgan fingerprint density at radius 2 is 1.86 bits per heavy atom. The van der Waals surface area contributed by atoms with Crippen molar-refractivity contribution < 1.29 is 9.90 Å². The zero-order valence-electron chi connectivity index (χ0n) is 8.20. The van der Waals surface area contributed by atoms with E-state index in [2.05, 4.69) is 15.9 Å². The Hall–Kier alpha value is -0.670. The summed E-state index contributed by atoms with van der Waals surface area (Å²) in [5.74, 6) is -0.350. The van der Waals surface area contributed by atoms with Crippen LogP contribution in [0.1, 0.15) is 25.5 Å². The minimum absolute atomic E-state index is 0.000388. The molecule has 0 aliphatic heterocycles. The molecule has 0 aliphatic carbocycles. The van der Waals surface area contributed by atoms with Gasteiger partial charge in [0.05, 0.1) is 6.10 Å². The summed E-state index contributed by atoms with van der Waals surface area (Å²) in [6, 6.07) is 7.33. The zero-order valence-corrected chi connectivity index (χ0v) is 9.78. The van der Waals surface area contributed by atoms with Gasteiger partial charge in [-0.15, -0.1) is 0 Å². The highest BCUT2D eigenvalue weighted by Gasteiger charge is 2.19. The third-order valence-corrected chi connectivity index (χ3v) is 2.86. The van der Waals surface area contributed by atoms with Crippen LogP contribution in [0.2, 0.25) is 0 Å². The molecule has 0 unspecified atom stereocenters. The van der Waals surface area contributed by atoms with E-state index in [1.807, 2.05) is 24.3 Å². The maximum atomic E-state index is 11.1. The van der Waals surface area contributed by atoms with Crippen LogP contribution in [-0.4, -0.2) is 10.9 Å². The van der Waals surface area contributed by atoms with Crippen LogP contribution in [0.25, 0.3) is 0 Å². The molecule has 0 radical (unpaired) electrons. The van der Waals surface area contributed by atoms with Gasteiger partial charge in [-0.3, -0.25) is 4.79 Å². The van der Waals surface area contributed by atoms with Crippen molar-refractivity contribution in [3.63, 3.8) is 0 Å². The van der Waals surface area contributed by atoms with Crippen LogP contribution in [0.5, 0.6) is 0 Å². The Bertz CT molecular complexity index is 319. The second-order valence-corrected chi connectivity index (χ2v) is 4.31. The fourth-order valence-corrected chi connectivity index (χ4v) is 1.44. The van der Waals surface area contributed by atoms with Crippen molar-refractivity contribution in [1.82, 2.24) is 0 Å². The first-order chi connectivity index (χ1) is 6.52. The van der Waals surface area contributed by atoms with Crippen LogP contribution in [0.4, 0.5) is 0 Å². The zero-order chi connectivity index (χ0) is 10.7. The number of halogens is 1. The smallest absolute Gasteiger partial charge is 0.135 e. The van der Waals surface area contributed by atoms with Crippen LogP contribution < -0.4 is 0 Å². The van der Waals surface area contributed by atoms with E-state index in [0.717, 1.165) is 10.0 Å². The predicted molar refractivity (Wildman–Crippen MR) is 58.9 cm³/mol. The molecule has 14 heavy (non-hydrogen) atoms. The van der Waals surface area contributed by atoms with Crippen molar-refractivity contribution in [2.75, 3.05) is 0 Å². The molecule has 0 spiro atoms. The molecular weight excluding hydrogens is 244 g/mol. The Morgan fingerprint density at radius 3 is 2.29 bits per heavy atom. The summed E-state index contributed by atoms with van der Waals surface area (Å²) in [7, 11) is 0. The van der Waals surface area contributed by atoms with E-state index in [1.54, 1.807) is 6.92 Å². The number of hydrogen-bond acceptors (Lipinski definition) is 2. The van der Waals surface area contributed by atoms with E-state index in [9.17, 15) is 9.90 Å². The fraction of sp³-hybridized carbons (Fsp3) is 0.364. The lowest BCUT2D eigenvalue weighted by Gasteiger charge is -2.16. The first kappa shape index (κ1) is 11.4. The second kappa shape index (κ2) is 4.71. The van der Waals surface area contributed by atoms with Gasteiger partial charge >= 0.3 is 0 Å². The van der Waals surface area contributed by atoms with E-state index < -0.39 is 6.10 Å². The summed E-state index contributed by atoms with van der Waals surface area (Å²) in [4.78, 5) is 11.1. The third kappa shape index (κ3) is 2.66. The number of rotatable bonds is 3. The molecule has 3 heteroatoms. The highest BCUT2D eigenvalue weighted by atomic mass is 79.9. The van der Waals surface area contributed by atoms with Gasteiger partial charge in [0.1, 0.15) is 5.78 Å². The van der Waals surface area contributed by atoms with E-state index in [0.29, 0.717) is 0 Å². The van der Waals surface area contributed by atoms with Gasteiger partial charge in [0, 0.05) is 10.4 Å². The highest BCUT2D eigenvalue weighted by molar-refractivity contribution is 9.10. The lowest BCUT2D eigenvalue weighted by atomic mass is 9.95. The molecule has 2 atom stereocenters. The largest absolute Gasteiger partial charge is 0.388 e. The van der Waals surface area contributed by atoms with Gasteiger partial charge in [-0.25, -0.2) is 0 Å². The van der Waals surface area contributed by atoms with Crippen LogP contribution in [0.15, 0.2) is 28.7 Å². The summed E-state index contributed by atoms with van der Waals surface area (Å²) in [5, 5.41) is 9.81. The molecule has 0 heterocycles. The molecule has 0 amide bonds. The normalized spacial score (nSPS) is 14.9. The van der Waals surface area contributed by atoms with Gasteiger partial charge in [-0.2, -0.15) is 0 Å². The van der Waals surface area contributed by atoms with Crippen LogP contribution in [-0.2, 0) is 4.79 Å². The van der Waals surface area contributed by atoms with Crippen molar-refractivity contribution in [3.05, 3.63) is 34.3 Å². The SMILES string of the molecule is CC(=O)[C@H](C)[C@@H](O)c1ccc(Br)cc1. The van der Waals surface area contributed by atoms with Gasteiger partial charge in [-0.05, 0) is 24.6 Å². The second-order valence-electron chi connectivity index (χ2n) is 3.40. The van der Waals surface area contributed by atoms with Crippen LogP contribution in [0, 0.1) is 5.92 Å². The van der Waals surface area contributed by atoms with Crippen molar-refractivity contribution in [1.29, 1.82) is 0 Å². The Morgan fingerprint density at radius 1 is 1.36 bits per heavy atom.